The lowest BCUT2D eigenvalue weighted by molar-refractivity contribution is -0.139. The Balaban J connectivity index is 2.41. The lowest BCUT2D eigenvalue weighted by Gasteiger charge is -2.19. The van der Waals surface area contributed by atoms with Crippen molar-refractivity contribution in [3.8, 4) is 16.9 Å². The van der Waals surface area contributed by atoms with E-state index in [-0.39, 0.29) is 22.8 Å². The number of rotatable bonds is 13. The molecule has 0 aliphatic carbocycles. The number of phenolic OH excluding ortho intramolecular Hbond substituents is 1. The number of aliphatic carboxylic acids is 1. The number of amides is 4. The molecule has 0 aromatic heterocycles. The lowest BCUT2D eigenvalue weighted by atomic mass is 9.97. The van der Waals surface area contributed by atoms with Gasteiger partial charge in [-0.25, -0.2) is 0 Å². The number of hydrogen-bond donors (Lipinski definition) is 7. The van der Waals surface area contributed by atoms with Crippen LogP contribution in [-0.2, 0) is 19.2 Å². The number of nitrogens with two attached hydrogens (primary N) is 2. The van der Waals surface area contributed by atoms with E-state index in [9.17, 15) is 29.1 Å². The average Bonchev–Trinajstić information content (AvgIpc) is 2.82. The van der Waals surface area contributed by atoms with Gasteiger partial charge in [0, 0.05) is 18.2 Å². The zero-order valence-corrected chi connectivity index (χ0v) is 20.3. The molecule has 0 saturated heterocycles. The summed E-state index contributed by atoms with van der Waals surface area (Å²) in [5, 5.41) is 26.6. The van der Waals surface area contributed by atoms with Crippen molar-refractivity contribution >= 4 is 35.3 Å². The number of hydrogen-bond acceptors (Lipinski definition) is 7. The first kappa shape index (κ1) is 28.8. The fraction of sp³-hybridized carbons (Fsp3) is 0.320. The second-order valence-electron chi connectivity index (χ2n) is 8.36. The van der Waals surface area contributed by atoms with E-state index in [0.29, 0.717) is 37.1 Å². The van der Waals surface area contributed by atoms with Crippen LogP contribution in [-0.4, -0.2) is 58.4 Å². The smallest absolute Gasteiger partial charge is 0.305 e. The van der Waals surface area contributed by atoms with E-state index in [1.165, 1.54) is 37.3 Å². The van der Waals surface area contributed by atoms with Crippen molar-refractivity contribution in [1.82, 2.24) is 10.6 Å². The molecule has 0 spiro atoms. The number of unbranched alkanes of at least 4 members (excludes halogenated alkanes) is 1. The molecule has 2 aromatic carbocycles. The van der Waals surface area contributed by atoms with Crippen molar-refractivity contribution in [3.63, 3.8) is 0 Å². The van der Waals surface area contributed by atoms with Crippen molar-refractivity contribution in [2.45, 2.75) is 44.7 Å². The van der Waals surface area contributed by atoms with Crippen LogP contribution >= 0.6 is 0 Å². The summed E-state index contributed by atoms with van der Waals surface area (Å²) in [5.41, 5.74) is 11.8. The van der Waals surface area contributed by atoms with Crippen LogP contribution in [0.4, 0.5) is 5.69 Å². The molecule has 0 aliphatic rings. The van der Waals surface area contributed by atoms with Crippen LogP contribution in [0.25, 0.3) is 11.1 Å². The van der Waals surface area contributed by atoms with Crippen LogP contribution in [0.3, 0.4) is 0 Å². The van der Waals surface area contributed by atoms with Crippen LogP contribution in [0.1, 0.15) is 43.0 Å². The summed E-state index contributed by atoms with van der Waals surface area (Å²) in [5.74, 6) is -4.04. The number of aromatic hydroxyl groups is 1. The summed E-state index contributed by atoms with van der Waals surface area (Å²) >= 11 is 0. The van der Waals surface area contributed by atoms with Gasteiger partial charge in [0.1, 0.15) is 17.8 Å². The fourth-order valence-electron chi connectivity index (χ4n) is 3.60. The Bertz CT molecular complexity index is 1170. The number of carboxylic acids is 1. The molecule has 0 aliphatic heterocycles. The van der Waals surface area contributed by atoms with Gasteiger partial charge in [0.15, 0.2) is 0 Å². The molecule has 0 fully saturated rings. The number of anilines is 1. The first-order chi connectivity index (χ1) is 17.5. The van der Waals surface area contributed by atoms with Gasteiger partial charge in [-0.1, -0.05) is 12.1 Å². The zero-order valence-electron chi connectivity index (χ0n) is 20.3. The molecule has 1 unspecified atom stereocenters. The van der Waals surface area contributed by atoms with Crippen molar-refractivity contribution in [1.29, 1.82) is 0 Å². The van der Waals surface area contributed by atoms with Gasteiger partial charge >= 0.3 is 5.97 Å². The molecule has 37 heavy (non-hydrogen) atoms. The fourth-order valence-corrected chi connectivity index (χ4v) is 3.60. The molecule has 198 valence electrons. The van der Waals surface area contributed by atoms with E-state index in [0.717, 1.165) is 0 Å². The number of carboxylic acid groups (broad SMARTS) is 1. The van der Waals surface area contributed by atoms with Gasteiger partial charge < -0.3 is 37.6 Å². The molecule has 12 nitrogen and oxygen atoms in total. The van der Waals surface area contributed by atoms with E-state index in [1.807, 2.05) is 0 Å². The summed E-state index contributed by atoms with van der Waals surface area (Å²) in [7, 11) is 0. The topological polar surface area (TPSA) is 214 Å². The van der Waals surface area contributed by atoms with Crippen LogP contribution < -0.4 is 27.4 Å². The SMILES string of the molecule is CC(=O)NC(CCCCN)C(=O)Nc1ccc(C(=O)N[C@@H](CC(=O)O)C(N)=O)c(-c2cccc(O)c2)c1. The number of carbonyl (C=O) groups excluding carboxylic acids is 4. The highest BCUT2D eigenvalue weighted by molar-refractivity contribution is 6.05. The Morgan fingerprint density at radius 2 is 1.70 bits per heavy atom. The molecule has 12 heteroatoms. The molecule has 0 heterocycles. The summed E-state index contributed by atoms with van der Waals surface area (Å²) in [6.07, 6.45) is 0.981. The van der Waals surface area contributed by atoms with E-state index in [2.05, 4.69) is 16.0 Å². The Kier molecular flexibility index (Phi) is 10.6. The quantitative estimate of drug-likeness (QED) is 0.189. The Morgan fingerprint density at radius 1 is 0.973 bits per heavy atom. The van der Waals surface area contributed by atoms with E-state index >= 15 is 0 Å². The molecule has 4 amide bonds. The normalized spacial score (nSPS) is 12.2. The van der Waals surface area contributed by atoms with E-state index in [4.69, 9.17) is 16.6 Å². The van der Waals surface area contributed by atoms with Gasteiger partial charge in [-0.05, 0) is 67.3 Å². The minimum atomic E-state index is -1.45. The minimum Gasteiger partial charge on any atom is -0.508 e. The van der Waals surface area contributed by atoms with E-state index in [1.54, 1.807) is 12.1 Å². The largest absolute Gasteiger partial charge is 0.508 e. The molecule has 2 atom stereocenters. The van der Waals surface area contributed by atoms with Gasteiger partial charge in [-0.3, -0.25) is 24.0 Å². The van der Waals surface area contributed by atoms with Gasteiger partial charge in [0.25, 0.3) is 5.91 Å². The molecule has 0 radical (unpaired) electrons. The number of phenols is 1. The first-order valence-corrected chi connectivity index (χ1v) is 11.5. The zero-order chi connectivity index (χ0) is 27.5. The summed E-state index contributed by atoms with van der Waals surface area (Å²) < 4.78 is 0. The standard InChI is InChI=1S/C25H31N5O7/c1-14(31)28-20(7-2-3-10-26)25(37)29-16-8-9-18(19(12-16)15-5-4-6-17(32)11-15)24(36)30-21(23(27)35)13-22(33)34/h4-6,8-9,11-12,20-21,32H,2-3,7,10,13,26H2,1H3,(H2,27,35)(H,28,31)(H,29,37)(H,30,36)(H,33,34)/t20?,21-/m0/s1. The Hall–Kier alpha value is -4.45. The highest BCUT2D eigenvalue weighted by Gasteiger charge is 2.24. The molecule has 0 saturated carbocycles. The van der Waals surface area contributed by atoms with Crippen LogP contribution in [0.5, 0.6) is 5.75 Å². The lowest BCUT2D eigenvalue weighted by Crippen LogP contribution is -2.45. The van der Waals surface area contributed by atoms with Crippen LogP contribution in [0.15, 0.2) is 42.5 Å². The van der Waals surface area contributed by atoms with E-state index < -0.39 is 42.2 Å². The maximum absolute atomic E-state index is 13.0. The third kappa shape index (κ3) is 8.93. The Labute approximate surface area is 213 Å². The third-order valence-electron chi connectivity index (χ3n) is 5.36. The van der Waals surface area contributed by atoms with Gasteiger partial charge in [-0.2, -0.15) is 0 Å². The van der Waals surface area contributed by atoms with Crippen molar-refractivity contribution in [3.05, 3.63) is 48.0 Å². The third-order valence-corrected chi connectivity index (χ3v) is 5.36. The molecular formula is C25H31N5O7. The molecule has 2 aromatic rings. The van der Waals surface area contributed by atoms with Crippen molar-refractivity contribution < 1.29 is 34.2 Å². The average molecular weight is 514 g/mol. The van der Waals surface area contributed by atoms with Crippen molar-refractivity contribution in [2.24, 2.45) is 11.5 Å². The van der Waals surface area contributed by atoms with Gasteiger partial charge in [0.2, 0.25) is 17.7 Å². The van der Waals surface area contributed by atoms with Crippen LogP contribution in [0.2, 0.25) is 0 Å². The second-order valence-corrected chi connectivity index (χ2v) is 8.36. The first-order valence-electron chi connectivity index (χ1n) is 11.5. The summed E-state index contributed by atoms with van der Waals surface area (Å²) in [6.45, 7) is 1.76. The minimum absolute atomic E-state index is 0.0431. The van der Waals surface area contributed by atoms with Gasteiger partial charge in [0.05, 0.1) is 6.42 Å². The molecule has 2 rings (SSSR count). The second kappa shape index (κ2) is 13.6. The number of nitrogens with one attached hydrogen (secondary N) is 3. The summed E-state index contributed by atoms with van der Waals surface area (Å²) in [4.78, 5) is 60.2. The predicted molar refractivity (Wildman–Crippen MR) is 135 cm³/mol. The molecular weight excluding hydrogens is 482 g/mol. The highest BCUT2D eigenvalue weighted by Crippen LogP contribution is 2.30. The number of benzene rings is 2. The Morgan fingerprint density at radius 3 is 2.30 bits per heavy atom. The molecule has 0 bridgehead atoms. The summed E-state index contributed by atoms with van der Waals surface area (Å²) in [6, 6.07) is 8.06. The predicted octanol–water partition coefficient (Wildman–Crippen LogP) is 0.690. The highest BCUT2D eigenvalue weighted by atomic mass is 16.4. The van der Waals surface area contributed by atoms with Crippen molar-refractivity contribution in [2.75, 3.05) is 11.9 Å². The maximum Gasteiger partial charge on any atom is 0.305 e. The number of primary amides is 1. The number of carbonyl (C=O) groups is 5. The monoisotopic (exact) mass is 513 g/mol. The van der Waals surface area contributed by atoms with Crippen LogP contribution in [0, 0.1) is 0 Å². The maximum atomic E-state index is 13.0. The van der Waals surface area contributed by atoms with Gasteiger partial charge in [-0.15, -0.1) is 0 Å². The molecule has 9 N–H and O–H groups in total.